The van der Waals surface area contributed by atoms with Gasteiger partial charge >= 0.3 is 0 Å². The van der Waals surface area contributed by atoms with Crippen LogP contribution < -0.4 is 4.43 Å². The van der Waals surface area contributed by atoms with E-state index in [0.717, 1.165) is 5.75 Å². The van der Waals surface area contributed by atoms with Gasteiger partial charge in [0.25, 0.3) is 8.32 Å². The summed E-state index contributed by atoms with van der Waals surface area (Å²) in [4.78, 5) is 0. The standard InChI is InChI=1S/C12H18I2OSi/c1-12(2,3)16(4,5)15-11-9(13)7-6-8-10(11)14/h6-8H,1-5H3. The van der Waals surface area contributed by atoms with Gasteiger partial charge in [0, 0.05) is 0 Å². The molecule has 1 aromatic carbocycles. The minimum atomic E-state index is -1.72. The van der Waals surface area contributed by atoms with Crippen LogP contribution in [0, 0.1) is 7.14 Å². The Kier molecular flexibility index (Phi) is 4.74. The lowest BCUT2D eigenvalue weighted by Crippen LogP contribution is -2.44. The molecule has 1 nitrogen and oxygen atoms in total. The first-order valence-corrected chi connectivity index (χ1v) is 10.3. The molecule has 4 heteroatoms. The Morgan fingerprint density at radius 2 is 1.50 bits per heavy atom. The molecule has 0 aromatic heterocycles. The Morgan fingerprint density at radius 1 is 1.06 bits per heavy atom. The van der Waals surface area contributed by atoms with E-state index in [1.165, 1.54) is 7.14 Å². The van der Waals surface area contributed by atoms with Crippen LogP contribution in [0.4, 0.5) is 0 Å². The fourth-order valence-corrected chi connectivity index (χ4v) is 4.17. The van der Waals surface area contributed by atoms with Gasteiger partial charge in [-0.15, -0.1) is 0 Å². The number of benzene rings is 1. The normalized spacial score (nSPS) is 12.7. The number of hydrogen-bond acceptors (Lipinski definition) is 1. The Bertz CT molecular complexity index is 363. The third kappa shape index (κ3) is 3.35. The van der Waals surface area contributed by atoms with E-state index < -0.39 is 8.32 Å². The van der Waals surface area contributed by atoms with Gasteiger partial charge in [-0.3, -0.25) is 0 Å². The van der Waals surface area contributed by atoms with Crippen molar-refractivity contribution in [1.82, 2.24) is 0 Å². The van der Waals surface area contributed by atoms with Crippen molar-refractivity contribution < 1.29 is 4.43 Å². The maximum Gasteiger partial charge on any atom is 0.250 e. The topological polar surface area (TPSA) is 9.23 Å². The molecule has 0 bridgehead atoms. The van der Waals surface area contributed by atoms with Gasteiger partial charge in [-0.25, -0.2) is 0 Å². The second kappa shape index (κ2) is 5.13. The molecule has 0 aliphatic carbocycles. The van der Waals surface area contributed by atoms with Gasteiger partial charge in [0.2, 0.25) is 0 Å². The average molecular weight is 460 g/mol. The van der Waals surface area contributed by atoms with Crippen LogP contribution in [0.1, 0.15) is 20.8 Å². The summed E-state index contributed by atoms with van der Waals surface area (Å²) in [6.07, 6.45) is 0. The maximum absolute atomic E-state index is 6.35. The smallest absolute Gasteiger partial charge is 0.250 e. The summed E-state index contributed by atoms with van der Waals surface area (Å²) >= 11 is 4.69. The molecule has 0 spiro atoms. The van der Waals surface area contributed by atoms with Gasteiger partial charge in [-0.1, -0.05) is 26.8 Å². The largest absolute Gasteiger partial charge is 0.542 e. The van der Waals surface area contributed by atoms with E-state index in [4.69, 9.17) is 4.43 Å². The summed E-state index contributed by atoms with van der Waals surface area (Å²) in [6, 6.07) is 6.28. The van der Waals surface area contributed by atoms with Gasteiger partial charge < -0.3 is 4.43 Å². The molecule has 0 atom stereocenters. The minimum Gasteiger partial charge on any atom is -0.542 e. The van der Waals surface area contributed by atoms with Crippen LogP contribution in [0.5, 0.6) is 5.75 Å². The third-order valence-electron chi connectivity index (χ3n) is 3.08. The van der Waals surface area contributed by atoms with Crippen LogP contribution in [-0.4, -0.2) is 8.32 Å². The molecule has 0 amide bonds. The first-order chi connectivity index (χ1) is 7.15. The van der Waals surface area contributed by atoms with Crippen molar-refractivity contribution in [1.29, 1.82) is 0 Å². The molecule has 0 fully saturated rings. The van der Waals surface area contributed by atoms with E-state index in [9.17, 15) is 0 Å². The summed E-state index contributed by atoms with van der Waals surface area (Å²) in [7, 11) is -1.72. The first kappa shape index (κ1) is 14.8. The second-order valence-electron chi connectivity index (χ2n) is 5.41. The minimum absolute atomic E-state index is 0.245. The highest BCUT2D eigenvalue weighted by Gasteiger charge is 2.39. The van der Waals surface area contributed by atoms with E-state index in [1.54, 1.807) is 0 Å². The Labute approximate surface area is 127 Å². The highest BCUT2D eigenvalue weighted by Crippen LogP contribution is 2.39. The zero-order chi connectivity index (χ0) is 12.6. The predicted molar refractivity (Wildman–Crippen MR) is 89.7 cm³/mol. The summed E-state index contributed by atoms with van der Waals surface area (Å²) in [5.74, 6) is 1.07. The van der Waals surface area contributed by atoms with Crippen molar-refractivity contribution in [3.8, 4) is 5.75 Å². The summed E-state index contributed by atoms with van der Waals surface area (Å²) < 4.78 is 8.76. The highest BCUT2D eigenvalue weighted by molar-refractivity contribution is 14.1. The molecular formula is C12H18I2OSi. The average Bonchev–Trinajstić information content (AvgIpc) is 2.10. The third-order valence-corrected chi connectivity index (χ3v) is 9.11. The van der Waals surface area contributed by atoms with Crippen LogP contribution in [0.2, 0.25) is 18.1 Å². The van der Waals surface area contributed by atoms with Crippen molar-refractivity contribution >= 4 is 53.5 Å². The Balaban J connectivity index is 3.06. The molecule has 1 rings (SSSR count). The number of para-hydroxylation sites is 1. The lowest BCUT2D eigenvalue weighted by Gasteiger charge is -2.37. The van der Waals surface area contributed by atoms with Crippen LogP contribution in [-0.2, 0) is 0 Å². The quantitative estimate of drug-likeness (QED) is 0.431. The molecular weight excluding hydrogens is 442 g/mol. The van der Waals surface area contributed by atoms with E-state index >= 15 is 0 Å². The van der Waals surface area contributed by atoms with Gasteiger partial charge in [0.15, 0.2) is 0 Å². The Hall–Kier alpha value is 0.697. The SMILES string of the molecule is CC(C)(C)[Si](C)(C)Oc1c(I)cccc1I. The van der Waals surface area contributed by atoms with Crippen LogP contribution in [0.15, 0.2) is 18.2 Å². The zero-order valence-electron chi connectivity index (χ0n) is 10.4. The lowest BCUT2D eigenvalue weighted by atomic mass is 10.2. The molecule has 1 aromatic rings. The van der Waals surface area contributed by atoms with Crippen molar-refractivity contribution in [2.24, 2.45) is 0 Å². The molecule has 0 saturated carbocycles. The van der Waals surface area contributed by atoms with Gasteiger partial charge in [0.05, 0.1) is 7.14 Å². The van der Waals surface area contributed by atoms with Crippen molar-refractivity contribution in [3.05, 3.63) is 25.3 Å². The van der Waals surface area contributed by atoms with E-state index in [2.05, 4.69) is 97.2 Å². The van der Waals surface area contributed by atoms with Crippen molar-refractivity contribution in [3.63, 3.8) is 0 Å². The molecule has 0 unspecified atom stereocenters. The van der Waals surface area contributed by atoms with Gasteiger partial charge in [-0.2, -0.15) is 0 Å². The van der Waals surface area contributed by atoms with Crippen molar-refractivity contribution in [2.45, 2.75) is 38.9 Å². The monoisotopic (exact) mass is 460 g/mol. The summed E-state index contributed by atoms with van der Waals surface area (Å²) in [5, 5.41) is 0.245. The lowest BCUT2D eigenvalue weighted by molar-refractivity contribution is 0.487. The van der Waals surface area contributed by atoms with Gasteiger partial charge in [0.1, 0.15) is 5.75 Å². The van der Waals surface area contributed by atoms with E-state index in [1.807, 2.05) is 0 Å². The fourth-order valence-electron chi connectivity index (χ4n) is 0.988. The molecule has 16 heavy (non-hydrogen) atoms. The number of hydrogen-bond donors (Lipinski definition) is 0. The van der Waals surface area contributed by atoms with Crippen LogP contribution >= 0.6 is 45.2 Å². The first-order valence-electron chi connectivity index (χ1n) is 5.28. The molecule has 0 N–H and O–H groups in total. The highest BCUT2D eigenvalue weighted by atomic mass is 127. The second-order valence-corrected chi connectivity index (χ2v) is 12.5. The molecule has 0 aliphatic rings. The summed E-state index contributed by atoms with van der Waals surface area (Å²) in [5.41, 5.74) is 0. The predicted octanol–water partition coefficient (Wildman–Crippen LogP) is 5.28. The summed E-state index contributed by atoms with van der Waals surface area (Å²) in [6.45, 7) is 11.4. The van der Waals surface area contributed by atoms with Crippen LogP contribution in [0.25, 0.3) is 0 Å². The fraction of sp³-hybridized carbons (Fsp3) is 0.500. The number of halogens is 2. The van der Waals surface area contributed by atoms with Crippen molar-refractivity contribution in [2.75, 3.05) is 0 Å². The maximum atomic E-state index is 6.35. The molecule has 0 saturated heterocycles. The van der Waals surface area contributed by atoms with E-state index in [0.29, 0.717) is 0 Å². The molecule has 0 aliphatic heterocycles. The van der Waals surface area contributed by atoms with E-state index in [-0.39, 0.29) is 5.04 Å². The van der Waals surface area contributed by atoms with Gasteiger partial charge in [-0.05, 0) is 75.4 Å². The number of rotatable bonds is 2. The zero-order valence-corrected chi connectivity index (χ0v) is 15.7. The van der Waals surface area contributed by atoms with Crippen LogP contribution in [0.3, 0.4) is 0 Å². The molecule has 0 heterocycles. The molecule has 90 valence electrons. The Morgan fingerprint density at radius 3 is 1.88 bits per heavy atom. The molecule has 0 radical (unpaired) electrons.